The summed E-state index contributed by atoms with van der Waals surface area (Å²) in [4.78, 5) is 0. The predicted molar refractivity (Wildman–Crippen MR) is 49.1 cm³/mol. The van der Waals surface area contributed by atoms with E-state index in [1.54, 1.807) is 0 Å². The molecule has 0 aliphatic heterocycles. The Morgan fingerprint density at radius 3 is 2.67 bits per heavy atom. The Balaban J connectivity index is 2.42. The molecule has 1 heterocycles. The molecule has 4 heteroatoms. The van der Waals surface area contributed by atoms with Crippen LogP contribution in [0.25, 0.3) is 0 Å². The van der Waals surface area contributed by atoms with E-state index in [0.717, 1.165) is 6.07 Å². The Bertz CT molecular complexity index is 452. The molecule has 2 nitrogen and oxygen atoms in total. The Labute approximate surface area is 84.8 Å². The third-order valence-electron chi connectivity index (χ3n) is 2.13. The molecule has 1 aromatic heterocycles. The van der Waals surface area contributed by atoms with Gasteiger partial charge in [-0.2, -0.15) is 0 Å². The van der Waals surface area contributed by atoms with Crippen molar-refractivity contribution in [2.24, 2.45) is 0 Å². The first-order valence-electron chi connectivity index (χ1n) is 4.34. The summed E-state index contributed by atoms with van der Waals surface area (Å²) in [5.41, 5.74) is 0.288. The molecular formula is C11H8F2O2. The van der Waals surface area contributed by atoms with Crippen molar-refractivity contribution < 1.29 is 18.3 Å². The summed E-state index contributed by atoms with van der Waals surface area (Å²) in [6.45, 7) is 0. The standard InChI is InChI=1S/C11H8F2O2/c12-9-3-1-2-8(10(9)13)11(14)7-4-5-15-6-7/h1-6,11,14H. The van der Waals surface area contributed by atoms with E-state index in [2.05, 4.69) is 0 Å². The van der Waals surface area contributed by atoms with E-state index in [0.29, 0.717) is 5.56 Å². The SMILES string of the molecule is OC(c1ccoc1)c1cccc(F)c1F. The molecule has 0 saturated carbocycles. The van der Waals surface area contributed by atoms with Crippen LogP contribution in [0.2, 0.25) is 0 Å². The van der Waals surface area contributed by atoms with Gasteiger partial charge in [0.25, 0.3) is 0 Å². The lowest BCUT2D eigenvalue weighted by Crippen LogP contribution is -2.02. The number of aliphatic hydroxyl groups is 1. The van der Waals surface area contributed by atoms with Gasteiger partial charge < -0.3 is 9.52 Å². The van der Waals surface area contributed by atoms with Gasteiger partial charge in [-0.15, -0.1) is 0 Å². The van der Waals surface area contributed by atoms with E-state index < -0.39 is 17.7 Å². The Morgan fingerprint density at radius 2 is 2.00 bits per heavy atom. The average molecular weight is 210 g/mol. The minimum absolute atomic E-state index is 0.101. The Kier molecular flexibility index (Phi) is 2.51. The van der Waals surface area contributed by atoms with E-state index in [1.807, 2.05) is 0 Å². The second kappa shape index (κ2) is 3.82. The quantitative estimate of drug-likeness (QED) is 0.826. The van der Waals surface area contributed by atoms with Gasteiger partial charge in [-0.3, -0.25) is 0 Å². The summed E-state index contributed by atoms with van der Waals surface area (Å²) in [5, 5.41) is 9.72. The van der Waals surface area contributed by atoms with Crippen LogP contribution >= 0.6 is 0 Å². The number of hydrogen-bond donors (Lipinski definition) is 1. The van der Waals surface area contributed by atoms with Crippen LogP contribution in [0.3, 0.4) is 0 Å². The molecule has 0 aliphatic rings. The highest BCUT2D eigenvalue weighted by molar-refractivity contribution is 5.29. The van der Waals surface area contributed by atoms with Gasteiger partial charge in [0, 0.05) is 11.1 Å². The number of aliphatic hydroxyl groups excluding tert-OH is 1. The van der Waals surface area contributed by atoms with Gasteiger partial charge in [0.05, 0.1) is 12.5 Å². The first-order valence-corrected chi connectivity index (χ1v) is 4.34. The van der Waals surface area contributed by atoms with Crippen molar-refractivity contribution in [3.05, 3.63) is 59.6 Å². The molecule has 1 N–H and O–H groups in total. The second-order valence-corrected chi connectivity index (χ2v) is 3.10. The monoisotopic (exact) mass is 210 g/mol. The number of rotatable bonds is 2. The lowest BCUT2D eigenvalue weighted by Gasteiger charge is -2.09. The van der Waals surface area contributed by atoms with Crippen LogP contribution < -0.4 is 0 Å². The van der Waals surface area contributed by atoms with Gasteiger partial charge in [0.15, 0.2) is 11.6 Å². The van der Waals surface area contributed by atoms with Gasteiger partial charge in [-0.25, -0.2) is 8.78 Å². The van der Waals surface area contributed by atoms with Crippen molar-refractivity contribution in [2.45, 2.75) is 6.10 Å². The number of hydrogen-bond acceptors (Lipinski definition) is 2. The first-order chi connectivity index (χ1) is 7.20. The van der Waals surface area contributed by atoms with Gasteiger partial charge in [-0.05, 0) is 12.1 Å². The highest BCUT2D eigenvalue weighted by Crippen LogP contribution is 2.25. The molecule has 15 heavy (non-hydrogen) atoms. The Hall–Kier alpha value is -1.68. The van der Waals surface area contributed by atoms with Crippen molar-refractivity contribution in [2.75, 3.05) is 0 Å². The van der Waals surface area contributed by atoms with Crippen molar-refractivity contribution in [1.29, 1.82) is 0 Å². The van der Waals surface area contributed by atoms with Gasteiger partial charge in [0.1, 0.15) is 6.10 Å². The molecule has 0 saturated heterocycles. The highest BCUT2D eigenvalue weighted by atomic mass is 19.2. The van der Waals surface area contributed by atoms with Gasteiger partial charge in [-0.1, -0.05) is 12.1 Å². The summed E-state index contributed by atoms with van der Waals surface area (Å²) < 4.78 is 30.9. The van der Waals surface area contributed by atoms with Crippen LogP contribution in [-0.2, 0) is 0 Å². The lowest BCUT2D eigenvalue weighted by atomic mass is 10.0. The number of benzene rings is 1. The molecule has 0 spiro atoms. The third kappa shape index (κ3) is 1.76. The minimum Gasteiger partial charge on any atom is -0.472 e. The molecule has 1 unspecified atom stereocenters. The summed E-state index contributed by atoms with van der Waals surface area (Å²) in [7, 11) is 0. The lowest BCUT2D eigenvalue weighted by molar-refractivity contribution is 0.212. The molecule has 1 atom stereocenters. The molecule has 1 aromatic carbocycles. The maximum Gasteiger partial charge on any atom is 0.164 e. The number of halogens is 2. The normalized spacial score (nSPS) is 12.7. The summed E-state index contributed by atoms with van der Waals surface area (Å²) in [6.07, 6.45) is 1.43. The van der Waals surface area contributed by atoms with Crippen molar-refractivity contribution in [3.8, 4) is 0 Å². The number of furan rings is 1. The zero-order valence-electron chi connectivity index (χ0n) is 7.65. The van der Waals surface area contributed by atoms with Crippen LogP contribution in [-0.4, -0.2) is 5.11 Å². The molecule has 0 bridgehead atoms. The molecule has 0 fully saturated rings. The van der Waals surface area contributed by atoms with Crippen molar-refractivity contribution in [1.82, 2.24) is 0 Å². The highest BCUT2D eigenvalue weighted by Gasteiger charge is 2.18. The van der Waals surface area contributed by atoms with Crippen molar-refractivity contribution >= 4 is 0 Å². The van der Waals surface area contributed by atoms with Crippen LogP contribution in [0.1, 0.15) is 17.2 Å². The third-order valence-corrected chi connectivity index (χ3v) is 2.13. The molecular weight excluding hydrogens is 202 g/mol. The zero-order valence-corrected chi connectivity index (χ0v) is 7.65. The summed E-state index contributed by atoms with van der Waals surface area (Å²) in [5.74, 6) is -2.01. The fourth-order valence-corrected chi connectivity index (χ4v) is 1.34. The fraction of sp³-hybridized carbons (Fsp3) is 0.0909. The van der Waals surface area contributed by atoms with Crippen LogP contribution in [0.5, 0.6) is 0 Å². The maximum absolute atomic E-state index is 13.3. The minimum atomic E-state index is -1.21. The topological polar surface area (TPSA) is 33.4 Å². The maximum atomic E-state index is 13.3. The fourth-order valence-electron chi connectivity index (χ4n) is 1.34. The van der Waals surface area contributed by atoms with Gasteiger partial charge in [0.2, 0.25) is 0 Å². The first kappa shape index (κ1) is 9.86. The summed E-state index contributed by atoms with van der Waals surface area (Å²) >= 11 is 0. The molecule has 2 aromatic rings. The largest absolute Gasteiger partial charge is 0.472 e. The molecule has 2 rings (SSSR count). The van der Waals surface area contributed by atoms with Crippen molar-refractivity contribution in [3.63, 3.8) is 0 Å². The van der Waals surface area contributed by atoms with Gasteiger partial charge >= 0.3 is 0 Å². The molecule has 0 aliphatic carbocycles. The van der Waals surface area contributed by atoms with E-state index in [1.165, 1.54) is 30.7 Å². The van der Waals surface area contributed by atoms with E-state index in [4.69, 9.17) is 4.42 Å². The van der Waals surface area contributed by atoms with E-state index in [-0.39, 0.29) is 5.56 Å². The Morgan fingerprint density at radius 1 is 1.20 bits per heavy atom. The van der Waals surface area contributed by atoms with E-state index >= 15 is 0 Å². The second-order valence-electron chi connectivity index (χ2n) is 3.10. The molecule has 0 amide bonds. The van der Waals surface area contributed by atoms with E-state index in [9.17, 15) is 13.9 Å². The average Bonchev–Trinajstić information content (AvgIpc) is 2.74. The smallest absolute Gasteiger partial charge is 0.164 e. The zero-order chi connectivity index (χ0) is 10.8. The summed E-state index contributed by atoms with van der Waals surface area (Å²) in [6, 6.07) is 5.17. The predicted octanol–water partition coefficient (Wildman–Crippen LogP) is 2.64. The molecule has 0 radical (unpaired) electrons. The van der Waals surface area contributed by atoms with Crippen LogP contribution in [0.15, 0.2) is 41.2 Å². The van der Waals surface area contributed by atoms with Crippen LogP contribution in [0, 0.1) is 11.6 Å². The van der Waals surface area contributed by atoms with Crippen LogP contribution in [0.4, 0.5) is 8.78 Å². The molecule has 78 valence electrons.